The number of hydrogen-bond acceptors (Lipinski definition) is 2. The normalized spacial score (nSPS) is 24.5. The number of likely N-dealkylation sites (tertiary alicyclic amines) is 1. The van der Waals surface area contributed by atoms with Gasteiger partial charge in [0.15, 0.2) is 0 Å². The third-order valence-corrected chi connectivity index (χ3v) is 3.66. The van der Waals surface area contributed by atoms with Crippen molar-refractivity contribution in [1.29, 1.82) is 0 Å². The highest BCUT2D eigenvalue weighted by Crippen LogP contribution is 2.33. The van der Waals surface area contributed by atoms with Crippen LogP contribution in [0.4, 0.5) is 0 Å². The molecule has 4 heteroatoms. The number of benzene rings is 1. The van der Waals surface area contributed by atoms with Gasteiger partial charge >= 0.3 is 0 Å². The number of hydrogen-bond donors (Lipinski definition) is 1. The summed E-state index contributed by atoms with van der Waals surface area (Å²) in [5.74, 6) is 0.509. The van der Waals surface area contributed by atoms with E-state index in [1.807, 2.05) is 11.0 Å². The summed E-state index contributed by atoms with van der Waals surface area (Å²) < 4.78 is 0. The van der Waals surface area contributed by atoms with Gasteiger partial charge in [-0.25, -0.2) is 0 Å². The van der Waals surface area contributed by atoms with E-state index >= 15 is 0 Å². The molecule has 0 radical (unpaired) electrons. The maximum atomic E-state index is 11.9. The lowest BCUT2D eigenvalue weighted by Crippen LogP contribution is -2.44. The fourth-order valence-corrected chi connectivity index (χ4v) is 2.66. The first-order valence-electron chi connectivity index (χ1n) is 6.22. The van der Waals surface area contributed by atoms with Gasteiger partial charge in [0.1, 0.15) is 0 Å². The third kappa shape index (κ3) is 2.85. The van der Waals surface area contributed by atoms with Gasteiger partial charge in [0.2, 0.25) is 5.91 Å². The van der Waals surface area contributed by atoms with Crippen molar-refractivity contribution in [3.05, 3.63) is 35.9 Å². The minimum atomic E-state index is -0.396. The van der Waals surface area contributed by atoms with Crippen molar-refractivity contribution in [3.63, 3.8) is 0 Å². The van der Waals surface area contributed by atoms with E-state index < -0.39 is 6.04 Å². The second kappa shape index (κ2) is 6.21. The predicted octanol–water partition coefficient (Wildman–Crippen LogP) is 2.16. The molecule has 0 saturated carbocycles. The maximum Gasteiger partial charge on any atom is 0.239 e. The van der Waals surface area contributed by atoms with Crippen LogP contribution in [0.5, 0.6) is 0 Å². The summed E-state index contributed by atoms with van der Waals surface area (Å²) >= 11 is 0. The molecule has 1 saturated heterocycles. The Hall–Kier alpha value is -1.06. The van der Waals surface area contributed by atoms with Crippen LogP contribution in [0.15, 0.2) is 30.3 Å². The molecular formula is C14H21ClN2O. The van der Waals surface area contributed by atoms with Crippen molar-refractivity contribution in [2.45, 2.75) is 38.3 Å². The van der Waals surface area contributed by atoms with E-state index in [4.69, 9.17) is 5.73 Å². The number of nitrogens with two attached hydrogens (primary N) is 1. The Morgan fingerprint density at radius 2 is 2.00 bits per heavy atom. The summed E-state index contributed by atoms with van der Waals surface area (Å²) in [6.07, 6.45) is 1.03. The molecule has 100 valence electrons. The molecule has 1 aliphatic rings. The lowest BCUT2D eigenvalue weighted by molar-refractivity contribution is -0.132. The second-order valence-corrected chi connectivity index (χ2v) is 4.87. The molecular weight excluding hydrogens is 248 g/mol. The molecule has 3 nitrogen and oxygen atoms in total. The SMILES string of the molecule is CC1C(c2ccccc2)CCN1C(=O)[C@H](C)N.Cl. The second-order valence-electron chi connectivity index (χ2n) is 4.87. The van der Waals surface area contributed by atoms with Crippen LogP contribution in [0.1, 0.15) is 31.7 Å². The Morgan fingerprint density at radius 3 is 2.56 bits per heavy atom. The smallest absolute Gasteiger partial charge is 0.239 e. The van der Waals surface area contributed by atoms with E-state index in [1.54, 1.807) is 6.92 Å². The zero-order valence-corrected chi connectivity index (χ0v) is 11.7. The first-order chi connectivity index (χ1) is 8.11. The maximum absolute atomic E-state index is 11.9. The van der Waals surface area contributed by atoms with E-state index in [0.29, 0.717) is 5.92 Å². The van der Waals surface area contributed by atoms with E-state index in [-0.39, 0.29) is 24.4 Å². The standard InChI is InChI=1S/C14H20N2O.ClH/c1-10(15)14(17)16-9-8-13(11(16)2)12-6-4-3-5-7-12;/h3-7,10-11,13H,8-9,15H2,1-2H3;1H/t10-,11?,13?;/m0./s1. The molecule has 0 bridgehead atoms. The highest BCUT2D eigenvalue weighted by atomic mass is 35.5. The van der Waals surface area contributed by atoms with Gasteiger partial charge < -0.3 is 10.6 Å². The van der Waals surface area contributed by atoms with E-state index in [9.17, 15) is 4.79 Å². The summed E-state index contributed by atoms with van der Waals surface area (Å²) in [7, 11) is 0. The van der Waals surface area contributed by atoms with Crippen LogP contribution in [-0.2, 0) is 4.79 Å². The van der Waals surface area contributed by atoms with Gasteiger partial charge in [-0.15, -0.1) is 12.4 Å². The largest absolute Gasteiger partial charge is 0.338 e. The zero-order valence-electron chi connectivity index (χ0n) is 10.9. The summed E-state index contributed by atoms with van der Waals surface area (Å²) in [4.78, 5) is 13.9. The first kappa shape index (κ1) is 15.0. The lowest BCUT2D eigenvalue weighted by Gasteiger charge is -2.26. The van der Waals surface area contributed by atoms with Crippen molar-refractivity contribution in [2.75, 3.05) is 6.54 Å². The van der Waals surface area contributed by atoms with Crippen LogP contribution in [0, 0.1) is 0 Å². The fourth-order valence-electron chi connectivity index (χ4n) is 2.66. The minimum absolute atomic E-state index is 0. The Morgan fingerprint density at radius 1 is 1.39 bits per heavy atom. The van der Waals surface area contributed by atoms with Crippen molar-refractivity contribution < 1.29 is 4.79 Å². The molecule has 1 aromatic carbocycles. The van der Waals surface area contributed by atoms with Gasteiger partial charge in [0.05, 0.1) is 6.04 Å². The molecule has 0 aromatic heterocycles. The van der Waals surface area contributed by atoms with Crippen LogP contribution in [-0.4, -0.2) is 29.4 Å². The Kier molecular flexibility index (Phi) is 5.17. The fraction of sp³-hybridized carbons (Fsp3) is 0.500. The number of amides is 1. The molecule has 1 amide bonds. The van der Waals surface area contributed by atoms with Gasteiger partial charge in [-0.1, -0.05) is 30.3 Å². The Labute approximate surface area is 115 Å². The van der Waals surface area contributed by atoms with Crippen molar-refractivity contribution in [1.82, 2.24) is 4.90 Å². The van der Waals surface area contributed by atoms with Gasteiger partial charge in [0.25, 0.3) is 0 Å². The molecule has 1 heterocycles. The minimum Gasteiger partial charge on any atom is -0.338 e. The van der Waals surface area contributed by atoms with Crippen LogP contribution >= 0.6 is 12.4 Å². The topological polar surface area (TPSA) is 46.3 Å². The highest BCUT2D eigenvalue weighted by molar-refractivity contribution is 5.85. The molecule has 0 aliphatic carbocycles. The molecule has 2 unspecified atom stereocenters. The predicted molar refractivity (Wildman–Crippen MR) is 75.9 cm³/mol. The van der Waals surface area contributed by atoms with Crippen molar-refractivity contribution in [2.24, 2.45) is 5.73 Å². The lowest BCUT2D eigenvalue weighted by atomic mass is 9.93. The highest BCUT2D eigenvalue weighted by Gasteiger charge is 2.35. The van der Waals surface area contributed by atoms with Crippen molar-refractivity contribution >= 4 is 18.3 Å². The number of carbonyl (C=O) groups is 1. The molecule has 0 spiro atoms. The number of halogens is 1. The number of rotatable bonds is 2. The Bertz CT molecular complexity index is 394. The molecule has 1 aromatic rings. The van der Waals surface area contributed by atoms with E-state index in [0.717, 1.165) is 13.0 Å². The monoisotopic (exact) mass is 268 g/mol. The van der Waals surface area contributed by atoms with Crippen LogP contribution in [0.25, 0.3) is 0 Å². The zero-order chi connectivity index (χ0) is 12.4. The molecule has 2 rings (SSSR count). The summed E-state index contributed by atoms with van der Waals surface area (Å²) in [5.41, 5.74) is 6.99. The molecule has 18 heavy (non-hydrogen) atoms. The van der Waals surface area contributed by atoms with Crippen LogP contribution in [0.3, 0.4) is 0 Å². The number of carbonyl (C=O) groups excluding carboxylic acids is 1. The van der Waals surface area contributed by atoms with E-state index in [2.05, 4.69) is 31.2 Å². The first-order valence-corrected chi connectivity index (χ1v) is 6.22. The summed E-state index contributed by atoms with van der Waals surface area (Å²) in [5, 5.41) is 0. The van der Waals surface area contributed by atoms with Gasteiger partial charge in [-0.05, 0) is 25.8 Å². The van der Waals surface area contributed by atoms with E-state index in [1.165, 1.54) is 5.56 Å². The average Bonchev–Trinajstić information content (AvgIpc) is 2.71. The average molecular weight is 269 g/mol. The van der Waals surface area contributed by atoms with Gasteiger partial charge in [-0.3, -0.25) is 4.79 Å². The molecule has 2 N–H and O–H groups in total. The van der Waals surface area contributed by atoms with Crippen molar-refractivity contribution in [3.8, 4) is 0 Å². The van der Waals surface area contributed by atoms with Gasteiger partial charge in [-0.2, -0.15) is 0 Å². The molecule has 1 aliphatic heterocycles. The molecule has 1 fully saturated rings. The van der Waals surface area contributed by atoms with Crippen LogP contribution in [0.2, 0.25) is 0 Å². The number of nitrogens with zero attached hydrogens (tertiary/aromatic N) is 1. The summed E-state index contributed by atoms with van der Waals surface area (Å²) in [6, 6.07) is 10.3. The van der Waals surface area contributed by atoms with Gasteiger partial charge in [0, 0.05) is 18.5 Å². The third-order valence-electron chi connectivity index (χ3n) is 3.66. The Balaban J connectivity index is 0.00000162. The van der Waals surface area contributed by atoms with Crippen LogP contribution < -0.4 is 5.73 Å². The molecule has 3 atom stereocenters. The quantitative estimate of drug-likeness (QED) is 0.894. The summed E-state index contributed by atoms with van der Waals surface area (Å²) in [6.45, 7) is 4.69.